The Morgan fingerprint density at radius 2 is 2.12 bits per heavy atom. The molecule has 0 amide bonds. The van der Waals surface area contributed by atoms with Gasteiger partial charge in [-0.05, 0) is 30.3 Å². The van der Waals surface area contributed by atoms with Gasteiger partial charge in [0.15, 0.2) is 0 Å². The van der Waals surface area contributed by atoms with Crippen molar-refractivity contribution >= 4 is 27.0 Å². The van der Waals surface area contributed by atoms with Crippen molar-refractivity contribution < 1.29 is 13.2 Å². The molecule has 0 aliphatic carbocycles. The van der Waals surface area contributed by atoms with Crippen LogP contribution in [0.2, 0.25) is 0 Å². The number of rotatable bonds is 2. The van der Waals surface area contributed by atoms with Gasteiger partial charge < -0.3 is 4.74 Å². The summed E-state index contributed by atoms with van der Waals surface area (Å²) in [5, 5.41) is 0.209. The van der Waals surface area contributed by atoms with E-state index in [9.17, 15) is 8.42 Å². The molecule has 1 aliphatic heterocycles. The highest BCUT2D eigenvalue weighted by Gasteiger charge is 2.26. The van der Waals surface area contributed by atoms with Crippen LogP contribution in [0.3, 0.4) is 0 Å². The fourth-order valence-electron chi connectivity index (χ4n) is 1.25. The lowest BCUT2D eigenvalue weighted by atomic mass is 10.4. The Balaban J connectivity index is 2.36. The minimum absolute atomic E-state index is 0.209. The molecule has 2 rings (SSSR count). The third kappa shape index (κ3) is 2.22. The predicted octanol–water partition coefficient (Wildman–Crippen LogP) is 2.26. The molecule has 1 aromatic rings. The zero-order chi connectivity index (χ0) is 11.6. The molecule has 0 unspecified atom stereocenters. The lowest BCUT2D eigenvalue weighted by Gasteiger charge is -2.14. The van der Waals surface area contributed by atoms with Gasteiger partial charge in [0.05, 0.1) is 6.61 Å². The van der Waals surface area contributed by atoms with Crippen LogP contribution in [0.25, 0.3) is 0 Å². The smallest absolute Gasteiger partial charge is 0.287 e. The lowest BCUT2D eigenvalue weighted by molar-refractivity contribution is 0.314. The number of ether oxygens (including phenoxy) is 1. The summed E-state index contributed by atoms with van der Waals surface area (Å²) in [7, 11) is -3.58. The third-order valence-electron chi connectivity index (χ3n) is 1.95. The Morgan fingerprint density at radius 3 is 2.88 bits per heavy atom. The van der Waals surface area contributed by atoms with Crippen molar-refractivity contribution in [1.82, 2.24) is 0 Å². The summed E-state index contributed by atoms with van der Waals surface area (Å²) >= 11 is 1.25. The first-order valence-electron chi connectivity index (χ1n) is 4.88. The second-order valence-electron chi connectivity index (χ2n) is 3.23. The van der Waals surface area contributed by atoms with Crippen molar-refractivity contribution in [3.63, 3.8) is 0 Å². The zero-order valence-electron chi connectivity index (χ0n) is 8.71. The molecule has 0 N–H and O–H groups in total. The summed E-state index contributed by atoms with van der Waals surface area (Å²) < 4.78 is 32.4. The van der Waals surface area contributed by atoms with E-state index >= 15 is 0 Å². The fraction of sp³-hybridized carbons (Fsp3) is 0.300. The van der Waals surface area contributed by atoms with Crippen LogP contribution < -0.4 is 0 Å². The Hall–Kier alpha value is -1.01. The van der Waals surface area contributed by atoms with Gasteiger partial charge in [-0.3, -0.25) is 0 Å². The van der Waals surface area contributed by atoms with Crippen LogP contribution in [0.4, 0.5) is 0 Å². The van der Waals surface area contributed by atoms with Crippen LogP contribution in [0.15, 0.2) is 38.5 Å². The maximum Gasteiger partial charge on any atom is 0.287 e. The molecule has 1 heterocycles. The molecule has 0 saturated heterocycles. The van der Waals surface area contributed by atoms with Crippen molar-refractivity contribution in [3.8, 4) is 0 Å². The van der Waals surface area contributed by atoms with Crippen LogP contribution >= 0.6 is 11.8 Å². The number of benzene rings is 1. The average molecular weight is 257 g/mol. The quantitative estimate of drug-likeness (QED) is 0.815. The highest BCUT2D eigenvalue weighted by atomic mass is 32.2. The van der Waals surface area contributed by atoms with E-state index in [0.29, 0.717) is 11.5 Å². The Morgan fingerprint density at radius 1 is 1.38 bits per heavy atom. The summed E-state index contributed by atoms with van der Waals surface area (Å²) in [5.74, 6) is 0. The van der Waals surface area contributed by atoms with Crippen molar-refractivity contribution in [2.75, 3.05) is 6.61 Å². The monoisotopic (exact) mass is 257 g/mol. The average Bonchev–Trinajstić information content (AvgIpc) is 2.25. The number of hydrogen-bond acceptors (Lipinski definition) is 4. The van der Waals surface area contributed by atoms with Gasteiger partial charge in [0.25, 0.3) is 15.3 Å². The SMILES string of the molecule is CCCOC1=NS(=O)(=O)c2ccccc2S1. The maximum absolute atomic E-state index is 11.8. The molecule has 6 heteroatoms. The van der Waals surface area contributed by atoms with Gasteiger partial charge in [0, 0.05) is 4.90 Å². The van der Waals surface area contributed by atoms with Crippen LogP contribution in [0.5, 0.6) is 0 Å². The summed E-state index contributed by atoms with van der Waals surface area (Å²) in [6.07, 6.45) is 0.821. The fourth-order valence-corrected chi connectivity index (χ4v) is 3.70. The standard InChI is InChI=1S/C10H11NO3S2/c1-2-7-14-10-11-16(12,13)9-6-4-3-5-8(9)15-10/h3-6H,2,7H2,1H3. The van der Waals surface area contributed by atoms with Gasteiger partial charge in [-0.2, -0.15) is 8.42 Å². The van der Waals surface area contributed by atoms with Crippen molar-refractivity contribution in [2.24, 2.45) is 4.40 Å². The molecule has 4 nitrogen and oxygen atoms in total. The predicted molar refractivity (Wildman–Crippen MR) is 63.2 cm³/mol. The molecular formula is C10H11NO3S2. The van der Waals surface area contributed by atoms with Gasteiger partial charge in [-0.1, -0.05) is 19.1 Å². The van der Waals surface area contributed by atoms with Crippen LogP contribution in [-0.4, -0.2) is 20.3 Å². The van der Waals surface area contributed by atoms with Gasteiger partial charge in [-0.15, -0.1) is 4.40 Å². The van der Waals surface area contributed by atoms with E-state index in [2.05, 4.69) is 4.40 Å². The van der Waals surface area contributed by atoms with E-state index in [1.165, 1.54) is 11.8 Å². The van der Waals surface area contributed by atoms with E-state index in [1.54, 1.807) is 24.3 Å². The number of fused-ring (bicyclic) bond motifs is 1. The zero-order valence-corrected chi connectivity index (χ0v) is 10.3. The second kappa shape index (κ2) is 4.47. The number of hydrogen-bond donors (Lipinski definition) is 0. The van der Waals surface area contributed by atoms with E-state index in [-0.39, 0.29) is 10.1 Å². The molecule has 16 heavy (non-hydrogen) atoms. The summed E-state index contributed by atoms with van der Waals surface area (Å²) in [6.45, 7) is 2.43. The minimum atomic E-state index is -3.58. The Labute approximate surface area is 98.8 Å². The van der Waals surface area contributed by atoms with E-state index < -0.39 is 10.0 Å². The molecule has 0 spiro atoms. The van der Waals surface area contributed by atoms with E-state index in [4.69, 9.17) is 4.74 Å². The van der Waals surface area contributed by atoms with Crippen LogP contribution in [-0.2, 0) is 14.8 Å². The molecule has 1 aromatic carbocycles. The highest BCUT2D eigenvalue weighted by Crippen LogP contribution is 2.33. The first-order valence-corrected chi connectivity index (χ1v) is 7.14. The summed E-state index contributed by atoms with van der Waals surface area (Å²) in [5.41, 5.74) is 0. The first-order chi connectivity index (χ1) is 7.63. The minimum Gasteiger partial charge on any atom is -0.472 e. The molecular weight excluding hydrogens is 246 g/mol. The van der Waals surface area contributed by atoms with E-state index in [1.807, 2.05) is 6.92 Å². The maximum atomic E-state index is 11.8. The molecule has 0 atom stereocenters. The molecule has 0 fully saturated rings. The number of sulfonamides is 1. The van der Waals surface area contributed by atoms with Crippen LogP contribution in [0, 0.1) is 0 Å². The molecule has 86 valence electrons. The number of nitrogens with zero attached hydrogens (tertiary/aromatic N) is 1. The Kier molecular flexibility index (Phi) is 3.20. The van der Waals surface area contributed by atoms with E-state index in [0.717, 1.165) is 6.42 Å². The van der Waals surface area contributed by atoms with Crippen molar-refractivity contribution in [2.45, 2.75) is 23.1 Å². The number of thioether (sulfide) groups is 1. The van der Waals surface area contributed by atoms with Gasteiger partial charge >= 0.3 is 0 Å². The lowest BCUT2D eigenvalue weighted by Crippen LogP contribution is -2.12. The Bertz CT molecular complexity index is 523. The van der Waals surface area contributed by atoms with Crippen LogP contribution in [0.1, 0.15) is 13.3 Å². The molecule has 0 radical (unpaired) electrons. The summed E-state index contributed by atoms with van der Waals surface area (Å²) in [4.78, 5) is 0.924. The molecule has 0 aromatic heterocycles. The largest absolute Gasteiger partial charge is 0.472 e. The first kappa shape index (κ1) is 11.5. The molecule has 0 bridgehead atoms. The molecule has 1 aliphatic rings. The van der Waals surface area contributed by atoms with Crippen molar-refractivity contribution in [1.29, 1.82) is 0 Å². The normalized spacial score (nSPS) is 17.4. The summed E-state index contributed by atoms with van der Waals surface area (Å²) in [6, 6.07) is 6.79. The topological polar surface area (TPSA) is 55.7 Å². The second-order valence-corrected chi connectivity index (χ2v) is 5.80. The van der Waals surface area contributed by atoms with Gasteiger partial charge in [0.1, 0.15) is 4.90 Å². The third-order valence-corrected chi connectivity index (χ3v) is 4.47. The molecule has 0 saturated carbocycles. The van der Waals surface area contributed by atoms with Gasteiger partial charge in [-0.25, -0.2) is 0 Å². The highest BCUT2D eigenvalue weighted by molar-refractivity contribution is 8.15. The van der Waals surface area contributed by atoms with Crippen molar-refractivity contribution in [3.05, 3.63) is 24.3 Å². The van der Waals surface area contributed by atoms with Gasteiger partial charge in [0.2, 0.25) is 0 Å².